The number of rotatable bonds is 10. The van der Waals surface area contributed by atoms with E-state index in [1.807, 2.05) is 79.7 Å². The molecule has 4 rings (SSSR count). The summed E-state index contributed by atoms with van der Waals surface area (Å²) >= 11 is 3.47. The van der Waals surface area contributed by atoms with Crippen LogP contribution in [-0.2, 0) is 29.0 Å². The third-order valence-electron chi connectivity index (χ3n) is 5.95. The molecular weight excluding hydrogens is 508 g/mol. The van der Waals surface area contributed by atoms with Gasteiger partial charge in [0.25, 0.3) is 0 Å². The zero-order valence-electron chi connectivity index (χ0n) is 19.7. The molecule has 1 N–H and O–H groups in total. The molecule has 1 heterocycles. The monoisotopic (exact) mass is 536 g/mol. The van der Waals surface area contributed by atoms with Crippen molar-refractivity contribution in [1.82, 2.24) is 10.2 Å². The zero-order chi connectivity index (χ0) is 24.6. The second-order valence-electron chi connectivity index (χ2n) is 8.44. The Labute approximate surface area is 214 Å². The smallest absolute Gasteiger partial charge is 0.243 e. The summed E-state index contributed by atoms with van der Waals surface area (Å²) in [7, 11) is 0. The van der Waals surface area contributed by atoms with E-state index >= 15 is 0 Å². The minimum absolute atomic E-state index is 0.0715. The van der Waals surface area contributed by atoms with Crippen molar-refractivity contribution in [2.75, 3.05) is 13.3 Å². The maximum atomic E-state index is 13.6. The number of ether oxygens (including phenoxy) is 2. The van der Waals surface area contributed by atoms with Gasteiger partial charge in [0.2, 0.25) is 18.6 Å². The highest BCUT2D eigenvalue weighted by atomic mass is 79.9. The predicted molar refractivity (Wildman–Crippen MR) is 138 cm³/mol. The molecule has 0 bridgehead atoms. The van der Waals surface area contributed by atoms with E-state index in [9.17, 15) is 9.59 Å². The maximum Gasteiger partial charge on any atom is 0.243 e. The fourth-order valence-electron chi connectivity index (χ4n) is 4.12. The first kappa shape index (κ1) is 24.8. The highest BCUT2D eigenvalue weighted by Crippen LogP contribution is 2.33. The van der Waals surface area contributed by atoms with Gasteiger partial charge in [0.15, 0.2) is 11.5 Å². The van der Waals surface area contributed by atoms with Crippen molar-refractivity contribution in [3.05, 3.63) is 94.0 Å². The number of hydrogen-bond donors (Lipinski definition) is 1. The van der Waals surface area contributed by atoms with Crippen LogP contribution in [0.15, 0.2) is 77.3 Å². The highest BCUT2D eigenvalue weighted by molar-refractivity contribution is 9.10. The quantitative estimate of drug-likeness (QED) is 0.400. The number of nitrogens with one attached hydrogen (secondary N) is 1. The van der Waals surface area contributed by atoms with E-state index in [4.69, 9.17) is 9.47 Å². The van der Waals surface area contributed by atoms with Gasteiger partial charge in [0.05, 0.1) is 0 Å². The minimum Gasteiger partial charge on any atom is -0.454 e. The van der Waals surface area contributed by atoms with Gasteiger partial charge in [-0.3, -0.25) is 9.59 Å². The van der Waals surface area contributed by atoms with Crippen molar-refractivity contribution in [3.63, 3.8) is 0 Å². The molecule has 35 heavy (non-hydrogen) atoms. The topological polar surface area (TPSA) is 67.9 Å². The lowest BCUT2D eigenvalue weighted by molar-refractivity contribution is -0.141. The zero-order valence-corrected chi connectivity index (χ0v) is 21.3. The van der Waals surface area contributed by atoms with Gasteiger partial charge in [0.1, 0.15) is 6.04 Å². The molecule has 1 atom stereocenters. The van der Waals surface area contributed by atoms with E-state index in [0.717, 1.165) is 26.9 Å². The number of nitrogens with zero attached hydrogens (tertiary/aromatic N) is 1. The Bertz CT molecular complexity index is 1150. The molecule has 0 radical (unpaired) electrons. The van der Waals surface area contributed by atoms with Gasteiger partial charge >= 0.3 is 0 Å². The van der Waals surface area contributed by atoms with Crippen LogP contribution in [0.5, 0.6) is 11.5 Å². The van der Waals surface area contributed by atoms with Crippen molar-refractivity contribution in [3.8, 4) is 11.5 Å². The van der Waals surface area contributed by atoms with Crippen LogP contribution in [0.25, 0.3) is 0 Å². The first-order valence-electron chi connectivity index (χ1n) is 11.8. The van der Waals surface area contributed by atoms with Gasteiger partial charge in [-0.25, -0.2) is 0 Å². The Morgan fingerprint density at radius 2 is 1.66 bits per heavy atom. The summed E-state index contributed by atoms with van der Waals surface area (Å²) in [5.74, 6) is 1.20. The molecule has 0 spiro atoms. The number of fused-ring (bicyclic) bond motifs is 1. The van der Waals surface area contributed by atoms with Crippen LogP contribution in [0.3, 0.4) is 0 Å². The average Bonchev–Trinajstić information content (AvgIpc) is 3.34. The van der Waals surface area contributed by atoms with Crippen LogP contribution in [0.1, 0.15) is 30.0 Å². The number of carbonyl (C=O) groups is 2. The number of hydrogen-bond acceptors (Lipinski definition) is 4. The fourth-order valence-corrected chi connectivity index (χ4v) is 4.39. The molecule has 0 aromatic heterocycles. The molecule has 1 unspecified atom stereocenters. The summed E-state index contributed by atoms with van der Waals surface area (Å²) in [4.78, 5) is 28.6. The Hall–Kier alpha value is -3.32. The van der Waals surface area contributed by atoms with Crippen LogP contribution in [0.2, 0.25) is 0 Å². The van der Waals surface area contributed by atoms with Gasteiger partial charge < -0.3 is 19.7 Å². The van der Waals surface area contributed by atoms with Crippen molar-refractivity contribution < 1.29 is 19.1 Å². The van der Waals surface area contributed by atoms with E-state index in [2.05, 4.69) is 21.2 Å². The van der Waals surface area contributed by atoms with Gasteiger partial charge in [-0.1, -0.05) is 64.5 Å². The summed E-state index contributed by atoms with van der Waals surface area (Å²) in [6.45, 7) is 2.95. The van der Waals surface area contributed by atoms with E-state index in [1.54, 1.807) is 4.90 Å². The van der Waals surface area contributed by atoms with Crippen LogP contribution < -0.4 is 14.8 Å². The molecular formula is C28H29BrN2O4. The number of benzene rings is 3. The molecule has 182 valence electrons. The van der Waals surface area contributed by atoms with Gasteiger partial charge in [-0.2, -0.15) is 0 Å². The predicted octanol–water partition coefficient (Wildman–Crippen LogP) is 4.89. The summed E-state index contributed by atoms with van der Waals surface area (Å²) < 4.78 is 11.8. The van der Waals surface area contributed by atoms with Crippen LogP contribution >= 0.6 is 15.9 Å². The first-order chi connectivity index (χ1) is 17.0. The number of likely N-dealkylation sites (N-methyl/N-ethyl adjacent to an activating group) is 1. The Kier molecular flexibility index (Phi) is 8.42. The van der Waals surface area contributed by atoms with Gasteiger partial charge in [-0.05, 0) is 54.3 Å². The molecule has 0 saturated carbocycles. The molecule has 6 nitrogen and oxygen atoms in total. The van der Waals surface area contributed by atoms with Gasteiger partial charge in [0, 0.05) is 30.4 Å². The molecule has 0 saturated heterocycles. The summed E-state index contributed by atoms with van der Waals surface area (Å²) in [5.41, 5.74) is 2.96. The molecule has 7 heteroatoms. The molecule has 3 aromatic carbocycles. The molecule has 0 aliphatic carbocycles. The lowest BCUT2D eigenvalue weighted by atomic mass is 10.0. The summed E-state index contributed by atoms with van der Waals surface area (Å²) in [6, 6.07) is 22.8. The highest BCUT2D eigenvalue weighted by Gasteiger charge is 2.30. The van der Waals surface area contributed by atoms with Crippen molar-refractivity contribution in [2.45, 2.75) is 38.8 Å². The standard InChI is InChI=1S/C28H29BrN2O4/c1-2-30-28(33)24(16-20-6-4-3-5-7-20)31(18-22-8-12-23(29)13-9-22)27(32)15-11-21-10-14-25-26(17-21)35-19-34-25/h3-10,12-14,17,24H,2,11,15-16,18-19H2,1H3,(H,30,33). The molecule has 1 aliphatic heterocycles. The van der Waals surface area contributed by atoms with E-state index in [0.29, 0.717) is 31.7 Å². The van der Waals surface area contributed by atoms with Crippen molar-refractivity contribution >= 4 is 27.7 Å². The molecule has 2 amide bonds. The second kappa shape index (κ2) is 11.9. The third kappa shape index (κ3) is 6.63. The first-order valence-corrected chi connectivity index (χ1v) is 12.6. The van der Waals surface area contributed by atoms with E-state index < -0.39 is 6.04 Å². The lowest BCUT2D eigenvalue weighted by Crippen LogP contribution is -2.50. The third-order valence-corrected chi connectivity index (χ3v) is 6.48. The average molecular weight is 537 g/mol. The molecule has 3 aromatic rings. The SMILES string of the molecule is CCNC(=O)C(Cc1ccccc1)N(Cc1ccc(Br)cc1)C(=O)CCc1ccc2c(c1)OCO2. The Morgan fingerprint density at radius 3 is 2.40 bits per heavy atom. The molecule has 0 fully saturated rings. The number of amides is 2. The van der Waals surface area contributed by atoms with Crippen molar-refractivity contribution in [2.24, 2.45) is 0 Å². The van der Waals surface area contributed by atoms with Crippen LogP contribution in [0, 0.1) is 0 Å². The van der Waals surface area contributed by atoms with Crippen molar-refractivity contribution in [1.29, 1.82) is 0 Å². The summed E-state index contributed by atoms with van der Waals surface area (Å²) in [5, 5.41) is 2.93. The minimum atomic E-state index is -0.620. The number of aryl methyl sites for hydroxylation is 1. The van der Waals surface area contributed by atoms with Crippen LogP contribution in [0.4, 0.5) is 0 Å². The fraction of sp³-hybridized carbons (Fsp3) is 0.286. The normalized spacial score (nSPS) is 12.7. The Morgan fingerprint density at radius 1 is 0.943 bits per heavy atom. The van der Waals surface area contributed by atoms with E-state index in [-0.39, 0.29) is 25.0 Å². The largest absolute Gasteiger partial charge is 0.454 e. The number of carbonyl (C=O) groups excluding carboxylic acids is 2. The van der Waals surface area contributed by atoms with Crippen LogP contribution in [-0.4, -0.2) is 36.1 Å². The molecule has 1 aliphatic rings. The second-order valence-corrected chi connectivity index (χ2v) is 9.35. The Balaban J connectivity index is 1.57. The maximum absolute atomic E-state index is 13.6. The van der Waals surface area contributed by atoms with Gasteiger partial charge in [-0.15, -0.1) is 0 Å². The summed E-state index contributed by atoms with van der Waals surface area (Å²) in [6.07, 6.45) is 1.26. The van der Waals surface area contributed by atoms with E-state index in [1.165, 1.54) is 0 Å². The number of halogens is 1. The lowest BCUT2D eigenvalue weighted by Gasteiger charge is -2.31.